The number of rotatable bonds is 7. The van der Waals surface area contributed by atoms with Crippen molar-refractivity contribution in [3.63, 3.8) is 0 Å². The SMILES string of the molecule is CC(C)Oc1cccc([C@H](C)NC(=O)CCc2ccco2)c1. The van der Waals surface area contributed by atoms with Crippen molar-refractivity contribution in [3.8, 4) is 5.75 Å². The van der Waals surface area contributed by atoms with Crippen LogP contribution >= 0.6 is 0 Å². The van der Waals surface area contributed by atoms with Gasteiger partial charge in [-0.15, -0.1) is 0 Å². The van der Waals surface area contributed by atoms with E-state index in [0.717, 1.165) is 17.1 Å². The van der Waals surface area contributed by atoms with E-state index in [-0.39, 0.29) is 18.1 Å². The van der Waals surface area contributed by atoms with Crippen molar-refractivity contribution in [2.75, 3.05) is 0 Å². The van der Waals surface area contributed by atoms with Gasteiger partial charge in [0, 0.05) is 12.8 Å². The van der Waals surface area contributed by atoms with E-state index in [1.54, 1.807) is 6.26 Å². The Bertz CT molecular complexity index is 590. The lowest BCUT2D eigenvalue weighted by molar-refractivity contribution is -0.121. The molecule has 0 spiro atoms. The minimum atomic E-state index is -0.0557. The highest BCUT2D eigenvalue weighted by Gasteiger charge is 2.11. The van der Waals surface area contributed by atoms with Gasteiger partial charge in [-0.3, -0.25) is 4.79 Å². The molecule has 0 saturated heterocycles. The lowest BCUT2D eigenvalue weighted by Gasteiger charge is -2.16. The largest absolute Gasteiger partial charge is 0.491 e. The average molecular weight is 301 g/mol. The van der Waals surface area contributed by atoms with E-state index in [4.69, 9.17) is 9.15 Å². The topological polar surface area (TPSA) is 51.5 Å². The second kappa shape index (κ2) is 7.69. The molecule has 4 nitrogen and oxygen atoms in total. The first-order chi connectivity index (χ1) is 10.5. The molecule has 0 bridgehead atoms. The lowest BCUT2D eigenvalue weighted by atomic mass is 10.1. The minimum absolute atomic E-state index is 0.0130. The molecular formula is C18H23NO3. The summed E-state index contributed by atoms with van der Waals surface area (Å²) in [5, 5.41) is 3.00. The normalized spacial score (nSPS) is 12.2. The molecule has 0 aliphatic heterocycles. The van der Waals surface area contributed by atoms with Gasteiger partial charge in [-0.1, -0.05) is 12.1 Å². The fraction of sp³-hybridized carbons (Fsp3) is 0.389. The zero-order valence-corrected chi connectivity index (χ0v) is 13.3. The fourth-order valence-corrected chi connectivity index (χ4v) is 2.22. The number of hydrogen-bond acceptors (Lipinski definition) is 3. The van der Waals surface area contributed by atoms with Crippen molar-refractivity contribution in [2.24, 2.45) is 0 Å². The first kappa shape index (κ1) is 16.1. The Labute approximate surface area is 131 Å². The molecule has 1 N–H and O–H groups in total. The zero-order chi connectivity index (χ0) is 15.9. The third-order valence-electron chi connectivity index (χ3n) is 3.29. The Hall–Kier alpha value is -2.23. The van der Waals surface area contributed by atoms with Gasteiger partial charge in [0.25, 0.3) is 0 Å². The fourth-order valence-electron chi connectivity index (χ4n) is 2.22. The van der Waals surface area contributed by atoms with Gasteiger partial charge < -0.3 is 14.5 Å². The number of carbonyl (C=O) groups excluding carboxylic acids is 1. The molecule has 0 aliphatic rings. The number of benzene rings is 1. The van der Waals surface area contributed by atoms with Crippen LogP contribution in [0.15, 0.2) is 47.1 Å². The highest BCUT2D eigenvalue weighted by molar-refractivity contribution is 5.76. The molecule has 2 aromatic rings. The van der Waals surface area contributed by atoms with Crippen molar-refractivity contribution < 1.29 is 13.9 Å². The van der Waals surface area contributed by atoms with E-state index in [2.05, 4.69) is 5.32 Å². The molecule has 22 heavy (non-hydrogen) atoms. The number of hydrogen-bond donors (Lipinski definition) is 1. The predicted molar refractivity (Wildman–Crippen MR) is 85.8 cm³/mol. The maximum atomic E-state index is 12.0. The van der Waals surface area contributed by atoms with Gasteiger partial charge in [0.1, 0.15) is 11.5 Å². The quantitative estimate of drug-likeness (QED) is 0.844. The highest BCUT2D eigenvalue weighted by atomic mass is 16.5. The Morgan fingerprint density at radius 1 is 1.23 bits per heavy atom. The molecule has 0 radical (unpaired) electrons. The van der Waals surface area contributed by atoms with Gasteiger partial charge in [-0.05, 0) is 50.6 Å². The van der Waals surface area contributed by atoms with E-state index < -0.39 is 0 Å². The molecule has 118 valence electrons. The maximum Gasteiger partial charge on any atom is 0.220 e. The van der Waals surface area contributed by atoms with Crippen molar-refractivity contribution in [1.82, 2.24) is 5.32 Å². The van der Waals surface area contributed by atoms with Gasteiger partial charge in [0.05, 0.1) is 18.4 Å². The number of furan rings is 1. The minimum Gasteiger partial charge on any atom is -0.491 e. The summed E-state index contributed by atoms with van der Waals surface area (Å²) in [5.74, 6) is 1.67. The molecule has 0 aliphatic carbocycles. The molecule has 1 aromatic carbocycles. The number of ether oxygens (including phenoxy) is 1. The number of carbonyl (C=O) groups is 1. The van der Waals surface area contributed by atoms with Crippen molar-refractivity contribution in [3.05, 3.63) is 54.0 Å². The van der Waals surface area contributed by atoms with Crippen LogP contribution in [0, 0.1) is 0 Å². The average Bonchev–Trinajstić information content (AvgIpc) is 2.98. The first-order valence-corrected chi connectivity index (χ1v) is 7.63. The van der Waals surface area contributed by atoms with E-state index in [9.17, 15) is 4.79 Å². The molecule has 2 rings (SSSR count). The highest BCUT2D eigenvalue weighted by Crippen LogP contribution is 2.20. The molecule has 1 aromatic heterocycles. The van der Waals surface area contributed by atoms with Gasteiger partial charge in [0.2, 0.25) is 5.91 Å². The molecule has 4 heteroatoms. The second-order valence-corrected chi connectivity index (χ2v) is 5.61. The van der Waals surface area contributed by atoms with E-state index in [1.807, 2.05) is 57.2 Å². The summed E-state index contributed by atoms with van der Waals surface area (Å²) in [4.78, 5) is 12.0. The molecular weight excluding hydrogens is 278 g/mol. The van der Waals surface area contributed by atoms with Crippen LogP contribution in [0.25, 0.3) is 0 Å². The lowest BCUT2D eigenvalue weighted by Crippen LogP contribution is -2.26. The molecule has 0 fully saturated rings. The summed E-state index contributed by atoms with van der Waals surface area (Å²) >= 11 is 0. The van der Waals surface area contributed by atoms with Crippen molar-refractivity contribution >= 4 is 5.91 Å². The maximum absolute atomic E-state index is 12.0. The Morgan fingerprint density at radius 2 is 2.05 bits per heavy atom. The predicted octanol–water partition coefficient (Wildman–Crippen LogP) is 3.88. The number of amides is 1. The summed E-state index contributed by atoms with van der Waals surface area (Å²) in [6.45, 7) is 5.96. The van der Waals surface area contributed by atoms with Crippen LogP contribution in [0.2, 0.25) is 0 Å². The molecule has 1 atom stereocenters. The zero-order valence-electron chi connectivity index (χ0n) is 13.3. The summed E-state index contributed by atoms with van der Waals surface area (Å²) < 4.78 is 10.9. The summed E-state index contributed by atoms with van der Waals surface area (Å²) in [7, 11) is 0. The van der Waals surface area contributed by atoms with E-state index in [1.165, 1.54) is 0 Å². The second-order valence-electron chi connectivity index (χ2n) is 5.61. The summed E-state index contributed by atoms with van der Waals surface area (Å²) in [6.07, 6.45) is 2.78. The molecule has 1 amide bonds. The summed E-state index contributed by atoms with van der Waals surface area (Å²) in [5.41, 5.74) is 1.03. The number of nitrogens with one attached hydrogen (secondary N) is 1. The smallest absolute Gasteiger partial charge is 0.220 e. The van der Waals surface area contributed by atoms with Gasteiger partial charge in [-0.25, -0.2) is 0 Å². The molecule has 0 saturated carbocycles. The van der Waals surface area contributed by atoms with Crippen LogP contribution in [0.5, 0.6) is 5.75 Å². The van der Waals surface area contributed by atoms with Crippen LogP contribution in [-0.2, 0) is 11.2 Å². The molecule has 1 heterocycles. The van der Waals surface area contributed by atoms with Crippen molar-refractivity contribution in [1.29, 1.82) is 0 Å². The Morgan fingerprint density at radius 3 is 2.73 bits per heavy atom. The van der Waals surface area contributed by atoms with E-state index in [0.29, 0.717) is 12.8 Å². The number of aryl methyl sites for hydroxylation is 1. The summed E-state index contributed by atoms with van der Waals surface area (Å²) in [6, 6.07) is 11.5. The third kappa shape index (κ3) is 4.95. The van der Waals surface area contributed by atoms with Crippen LogP contribution in [-0.4, -0.2) is 12.0 Å². The van der Waals surface area contributed by atoms with Crippen LogP contribution in [0.3, 0.4) is 0 Å². The van der Waals surface area contributed by atoms with Crippen molar-refractivity contribution in [2.45, 2.75) is 45.8 Å². The van der Waals surface area contributed by atoms with Gasteiger partial charge >= 0.3 is 0 Å². The van der Waals surface area contributed by atoms with E-state index >= 15 is 0 Å². The Kier molecular flexibility index (Phi) is 5.64. The molecule has 0 unspecified atom stereocenters. The van der Waals surface area contributed by atoms with Crippen LogP contribution < -0.4 is 10.1 Å². The van der Waals surface area contributed by atoms with Crippen LogP contribution in [0.4, 0.5) is 0 Å². The van der Waals surface area contributed by atoms with Crippen LogP contribution in [0.1, 0.15) is 44.6 Å². The first-order valence-electron chi connectivity index (χ1n) is 7.63. The standard InChI is InChI=1S/C18H23NO3/c1-13(2)22-17-7-4-6-15(12-17)14(3)19-18(20)10-9-16-8-5-11-21-16/h4-8,11-14H,9-10H2,1-3H3,(H,19,20)/t14-/m0/s1. The third-order valence-corrected chi connectivity index (χ3v) is 3.29. The van der Waals surface area contributed by atoms with Gasteiger partial charge in [-0.2, -0.15) is 0 Å². The van der Waals surface area contributed by atoms with Gasteiger partial charge in [0.15, 0.2) is 0 Å². The monoisotopic (exact) mass is 301 g/mol. The Balaban J connectivity index is 1.88.